The van der Waals surface area contributed by atoms with Crippen molar-refractivity contribution < 1.29 is 29.2 Å². The van der Waals surface area contributed by atoms with Crippen LogP contribution in [0.25, 0.3) is 121 Å². The van der Waals surface area contributed by atoms with Crippen LogP contribution in [0.4, 0.5) is 0 Å². The Morgan fingerprint density at radius 2 is 0.846 bits per heavy atom. The summed E-state index contributed by atoms with van der Waals surface area (Å²) in [5.41, 5.74) is 31.7. The summed E-state index contributed by atoms with van der Waals surface area (Å²) in [4.78, 5) is 0. The summed E-state index contributed by atoms with van der Waals surface area (Å²) < 4.78 is 76.3. The molecular formula is C112H133N5+4. The van der Waals surface area contributed by atoms with Crippen molar-refractivity contribution in [2.45, 2.75) is 217 Å². The van der Waals surface area contributed by atoms with Crippen molar-refractivity contribution >= 4 is 64.9 Å². The minimum Gasteiger partial charge on any atom is -0.338 e. The van der Waals surface area contributed by atoms with Crippen molar-refractivity contribution in [3.8, 4) is 56.2 Å². The highest BCUT2D eigenvalue weighted by Gasteiger charge is 2.37. The van der Waals surface area contributed by atoms with Crippen LogP contribution < -0.4 is 18.3 Å². The molecule has 16 rings (SSSR count). The molecule has 5 heterocycles. The lowest BCUT2D eigenvalue weighted by Gasteiger charge is -2.22. The molecule has 0 fully saturated rings. The fourth-order valence-corrected chi connectivity index (χ4v) is 18.4. The zero-order valence-corrected chi connectivity index (χ0v) is 75.6. The van der Waals surface area contributed by atoms with Crippen molar-refractivity contribution in [2.75, 3.05) is 0 Å². The highest BCUT2D eigenvalue weighted by molar-refractivity contribution is 6.10. The summed E-state index contributed by atoms with van der Waals surface area (Å²) in [6.45, 7) is 50.5. The van der Waals surface area contributed by atoms with Gasteiger partial charge in [0.05, 0.1) is 46.5 Å². The van der Waals surface area contributed by atoms with Gasteiger partial charge in [0.1, 0.15) is 29.6 Å². The zero-order chi connectivity index (χ0) is 91.5. The maximum absolute atomic E-state index is 8.54. The molecule has 0 saturated heterocycles. The first-order valence-electron chi connectivity index (χ1n) is 46.3. The average molecular weight is 1560 g/mol. The minimum atomic E-state index is -2.37. The van der Waals surface area contributed by atoms with Gasteiger partial charge in [-0.05, 0) is 262 Å². The Kier molecular flexibility index (Phi) is 20.6. The van der Waals surface area contributed by atoms with Crippen molar-refractivity contribution in [3.63, 3.8) is 0 Å². The van der Waals surface area contributed by atoms with Crippen LogP contribution in [0.3, 0.4) is 0 Å². The van der Waals surface area contributed by atoms with E-state index in [0.29, 0.717) is 41.0 Å². The first kappa shape index (κ1) is 74.2. The van der Waals surface area contributed by atoms with E-state index in [-0.39, 0.29) is 32.6 Å². The fraction of sp³-hybridized carbons (Fsp3) is 0.357. The second-order valence-corrected chi connectivity index (χ2v) is 39.5. The summed E-state index contributed by atoms with van der Waals surface area (Å²) in [5, 5.41) is 12.2. The van der Waals surface area contributed by atoms with Crippen LogP contribution in [-0.2, 0) is 65.7 Å². The van der Waals surface area contributed by atoms with Gasteiger partial charge in [-0.1, -0.05) is 225 Å². The quantitative estimate of drug-likeness (QED) is 0.122. The molecule has 0 aliphatic heterocycles. The third kappa shape index (κ3) is 17.6. The molecule has 0 radical (unpaired) electrons. The van der Waals surface area contributed by atoms with E-state index in [1.165, 1.54) is 162 Å². The number of aromatic nitrogens is 5. The van der Waals surface area contributed by atoms with E-state index < -0.39 is 13.2 Å². The number of benzene rings is 10. The van der Waals surface area contributed by atoms with Gasteiger partial charge in [0.15, 0.2) is 23.3 Å². The second-order valence-electron chi connectivity index (χ2n) is 39.5. The summed E-state index contributed by atoms with van der Waals surface area (Å²) in [7, 11) is 8.27. The van der Waals surface area contributed by atoms with E-state index in [4.69, 9.17) is 11.0 Å². The van der Waals surface area contributed by atoms with Gasteiger partial charge in [-0.15, -0.1) is 0 Å². The number of rotatable bonds is 10. The van der Waals surface area contributed by atoms with E-state index in [1.54, 1.807) is 23.7 Å². The van der Waals surface area contributed by atoms with Crippen LogP contribution in [0.5, 0.6) is 0 Å². The molecule has 0 saturated carbocycles. The molecule has 0 atom stereocenters. The molecule has 10 aromatic carbocycles. The number of hydrogen-bond acceptors (Lipinski definition) is 0. The molecule has 0 unspecified atom stereocenters. The number of pyridine rings is 4. The lowest BCUT2D eigenvalue weighted by atomic mass is 9.81. The Balaban J connectivity index is 0.000000144. The van der Waals surface area contributed by atoms with Gasteiger partial charge in [0, 0.05) is 85.2 Å². The van der Waals surface area contributed by atoms with Crippen LogP contribution in [-0.4, -0.2) is 4.57 Å². The molecule has 15 aromatic rings. The fourth-order valence-electron chi connectivity index (χ4n) is 18.4. The lowest BCUT2D eigenvalue weighted by molar-refractivity contribution is -0.665. The Bertz CT molecular complexity index is 6770. The van der Waals surface area contributed by atoms with Gasteiger partial charge < -0.3 is 4.57 Å². The van der Waals surface area contributed by atoms with Gasteiger partial charge in [-0.25, -0.2) is 4.57 Å². The molecule has 602 valence electrons. The summed E-state index contributed by atoms with van der Waals surface area (Å²) in [6, 6.07) is 71.0. The number of aryl methyl sites for hydroxylation is 7. The molecular weight excluding hydrogens is 1420 g/mol. The van der Waals surface area contributed by atoms with Crippen LogP contribution in [0, 0.1) is 77.0 Å². The number of para-hydroxylation sites is 1. The van der Waals surface area contributed by atoms with E-state index in [9.17, 15) is 0 Å². The van der Waals surface area contributed by atoms with Gasteiger partial charge >= 0.3 is 0 Å². The molecule has 5 aromatic heterocycles. The number of nitrogens with zero attached hydrogens (tertiary/aromatic N) is 5. The van der Waals surface area contributed by atoms with Crippen LogP contribution in [0.15, 0.2) is 212 Å². The van der Waals surface area contributed by atoms with E-state index in [2.05, 4.69) is 343 Å². The monoisotopic (exact) mass is 1560 g/mol. The third-order valence-corrected chi connectivity index (χ3v) is 24.1. The van der Waals surface area contributed by atoms with Crippen LogP contribution in [0.2, 0.25) is 0 Å². The van der Waals surface area contributed by atoms with Crippen LogP contribution >= 0.6 is 0 Å². The largest absolute Gasteiger partial charge is 0.338 e. The Labute approximate surface area is 713 Å². The highest BCUT2D eigenvalue weighted by Crippen LogP contribution is 2.51. The first-order chi connectivity index (χ1) is 58.1. The summed E-state index contributed by atoms with van der Waals surface area (Å²) in [6.07, 6.45) is 2.71. The standard InChI is InChI=1S/C32H37N2.C32H36N.C25H32N.C23H28N/c1-20(2)34-29-12-10-9-11-26(29)28-15-21(3)27(18-30(28)34)31-25-14-13-23(19-32(5,6)7)17-24(25)16-22(4)33(31)8;1-20-15-27-25-11-9-10-12-28(25)32(6,7)29(27)18-26(20)30-24-14-13-22(19-31(3,4)5)17-23(24)16-21(2)33(30)8;1-8-20-13-17(2)14-23(18(20)3)24-22-10-9-19(16-25(4,5)6)15-21(22)11-12-26(24)7;1-16-9-7-8-10-20(16)22-21-12-11-18(15-23(3,4)5)14-19(21)13-17(2)24(22)6/h9-18,20H,19H2,1-8H3;9-18H,19H2,1-8H3;9-15H,8,16H2,1-7H3;7-14H,15H2,1-6H3/q4*+1/i;;2D3,8D2,12D;8D,9D. The Morgan fingerprint density at radius 1 is 0.393 bits per heavy atom. The maximum atomic E-state index is 8.54. The Hall–Kier alpha value is -10.4. The van der Waals surface area contributed by atoms with E-state index in [0.717, 1.165) is 59.0 Å². The topological polar surface area (TPSA) is 20.4 Å². The second kappa shape index (κ2) is 32.5. The zero-order valence-electron chi connectivity index (χ0n) is 83.6. The molecule has 0 spiro atoms. The van der Waals surface area contributed by atoms with Gasteiger partial charge in [-0.2, -0.15) is 13.7 Å². The molecule has 0 N–H and O–H groups in total. The number of fused-ring (bicyclic) bond motifs is 10. The summed E-state index contributed by atoms with van der Waals surface area (Å²) >= 11 is 0. The van der Waals surface area contributed by atoms with Gasteiger partial charge in [0.25, 0.3) is 0 Å². The normalized spacial score (nSPS) is 14.0. The first-order valence-corrected chi connectivity index (χ1v) is 42.3. The maximum Gasteiger partial charge on any atom is 0.220 e. The molecule has 5 heteroatoms. The minimum absolute atomic E-state index is 0.00640. The van der Waals surface area contributed by atoms with Crippen molar-refractivity contribution in [3.05, 3.63) is 296 Å². The molecule has 5 nitrogen and oxygen atoms in total. The average Bonchev–Trinajstić information content (AvgIpc) is 1.60. The molecule has 0 bridgehead atoms. The van der Waals surface area contributed by atoms with E-state index >= 15 is 0 Å². The predicted molar refractivity (Wildman–Crippen MR) is 503 cm³/mol. The Morgan fingerprint density at radius 3 is 1.33 bits per heavy atom. The van der Waals surface area contributed by atoms with Crippen LogP contribution in [0.1, 0.15) is 219 Å². The third-order valence-electron chi connectivity index (χ3n) is 24.1. The number of hydrogen-bond donors (Lipinski definition) is 0. The predicted octanol–water partition coefficient (Wildman–Crippen LogP) is 27.7. The summed E-state index contributed by atoms with van der Waals surface area (Å²) in [5.74, 6) is 0. The highest BCUT2D eigenvalue weighted by atomic mass is 15.0. The molecule has 1 aliphatic rings. The molecule has 0 amide bonds. The van der Waals surface area contributed by atoms with Gasteiger partial charge in [-0.3, -0.25) is 0 Å². The van der Waals surface area contributed by atoms with Crippen molar-refractivity contribution in [1.29, 1.82) is 0 Å². The SMILES string of the molecule is Cc1cc2c(cc1-c1c3ccc(CC(C)(C)C)cc3cc(C)[n+]1C)C(C)(C)c1ccccc1-2.Cc1cc2c3ccccc3n(C(C)C)c2cc1-c1c2ccc(CC(C)(C)C)cc2cc(C)[n+]1C.[2H]c1cc([2H])c(C)c(-c2c3ccc(CC(C)(C)C)cc3cc(C)[n+]2C)c1.[2H]c1cc2cc(CC(C)(C)C)ccc2c(-c2cc(C([2H])([2H])[2H])cc(C([2H])([2H])C)c2C)[n+]1C. The lowest BCUT2D eigenvalue weighted by Crippen LogP contribution is -2.35. The van der Waals surface area contributed by atoms with E-state index in [1.807, 2.05) is 32.0 Å². The molecule has 117 heavy (non-hydrogen) atoms. The van der Waals surface area contributed by atoms with Gasteiger partial charge in [0.2, 0.25) is 22.8 Å². The molecule has 1 aliphatic carbocycles. The smallest absolute Gasteiger partial charge is 0.220 e. The van der Waals surface area contributed by atoms with Crippen molar-refractivity contribution in [1.82, 2.24) is 4.57 Å². The van der Waals surface area contributed by atoms with Crippen molar-refractivity contribution in [2.24, 2.45) is 49.9 Å².